The van der Waals surface area contributed by atoms with Gasteiger partial charge in [0, 0.05) is 16.9 Å². The van der Waals surface area contributed by atoms with Crippen LogP contribution in [0.4, 0.5) is 0 Å². The third-order valence-electron chi connectivity index (χ3n) is 1.77. The fourth-order valence-electron chi connectivity index (χ4n) is 1.09. The summed E-state index contributed by atoms with van der Waals surface area (Å²) < 4.78 is 0.467. The van der Waals surface area contributed by atoms with Crippen LogP contribution in [0, 0.1) is 0 Å². The van der Waals surface area contributed by atoms with Gasteiger partial charge in [-0.25, -0.2) is 4.98 Å². The first-order valence-electron chi connectivity index (χ1n) is 5.58. The number of nitrogens with one attached hydrogen (secondary N) is 1. The number of aryl methyl sites for hydroxylation is 1. The van der Waals surface area contributed by atoms with Crippen molar-refractivity contribution in [2.24, 2.45) is 0 Å². The molecule has 1 aromatic rings. The van der Waals surface area contributed by atoms with E-state index in [0.717, 1.165) is 6.42 Å². The Balaban J connectivity index is 0.000000265. The van der Waals surface area contributed by atoms with Crippen molar-refractivity contribution in [3.8, 4) is 0 Å². The van der Waals surface area contributed by atoms with E-state index in [1.54, 1.807) is 0 Å². The Labute approximate surface area is 98.7 Å². The van der Waals surface area contributed by atoms with Crippen molar-refractivity contribution in [1.82, 2.24) is 0 Å². The molecule has 0 saturated heterocycles. The van der Waals surface area contributed by atoms with Gasteiger partial charge in [-0.05, 0) is 17.7 Å². The lowest BCUT2D eigenvalue weighted by Gasteiger charge is -2.14. The van der Waals surface area contributed by atoms with E-state index in [2.05, 4.69) is 51.7 Å². The van der Waals surface area contributed by atoms with E-state index < -0.39 is 0 Å². The average molecular weight is 226 g/mol. The molecule has 1 N–H and O–H groups in total. The molecule has 2 heteroatoms. The molecule has 0 aliphatic carbocycles. The molecule has 0 saturated carbocycles. The molecule has 0 amide bonds. The van der Waals surface area contributed by atoms with Crippen LogP contribution in [0.25, 0.3) is 0 Å². The summed E-state index contributed by atoms with van der Waals surface area (Å²) in [5.74, 6) is 1.23. The van der Waals surface area contributed by atoms with Crippen molar-refractivity contribution in [2.75, 3.05) is 5.75 Å². The number of H-pyrrole nitrogens is 1. The second kappa shape index (κ2) is 7.75. The highest BCUT2D eigenvalue weighted by atomic mass is 32.2. The Kier molecular flexibility index (Phi) is 7.49. The molecule has 0 radical (unpaired) electrons. The summed E-state index contributed by atoms with van der Waals surface area (Å²) in [6, 6.07) is 4.17. The molecule has 0 bridgehead atoms. The molecular weight excluding hydrogens is 202 g/mol. The first-order chi connectivity index (χ1) is 6.99. The number of thioether (sulfide) groups is 1. The van der Waals surface area contributed by atoms with Crippen molar-refractivity contribution in [2.45, 2.75) is 45.8 Å². The summed E-state index contributed by atoms with van der Waals surface area (Å²) in [5.41, 5.74) is 1.38. The molecule has 0 fully saturated rings. The molecule has 1 rings (SSSR count). The zero-order chi connectivity index (χ0) is 11.7. The van der Waals surface area contributed by atoms with Gasteiger partial charge in [0.25, 0.3) is 0 Å². The van der Waals surface area contributed by atoms with Crippen LogP contribution in [0.15, 0.2) is 24.5 Å². The zero-order valence-corrected chi connectivity index (χ0v) is 11.4. The monoisotopic (exact) mass is 226 g/mol. The molecule has 0 unspecified atom stereocenters. The second-order valence-electron chi connectivity index (χ2n) is 4.31. The molecule has 0 aliphatic rings. The van der Waals surface area contributed by atoms with Crippen LogP contribution in [-0.4, -0.2) is 10.5 Å². The lowest BCUT2D eigenvalue weighted by atomic mass is 10.2. The predicted octanol–water partition coefficient (Wildman–Crippen LogP) is 3.60. The van der Waals surface area contributed by atoms with Crippen LogP contribution >= 0.6 is 11.8 Å². The van der Waals surface area contributed by atoms with Crippen molar-refractivity contribution >= 4 is 11.8 Å². The summed E-state index contributed by atoms with van der Waals surface area (Å²) in [6.45, 7) is 11.1. The summed E-state index contributed by atoms with van der Waals surface area (Å²) >= 11 is 1.99. The van der Waals surface area contributed by atoms with E-state index >= 15 is 0 Å². The smallest absolute Gasteiger partial charge is 0.167 e. The standard InChI is InChI=1S/C7H9N.C6H14S/c1-2-7-3-5-8-6-4-7;1-5-7-6(2,3)4/h3-6H,2H2,1H3;5H2,1-4H3/p+1. The molecule has 0 aromatic carbocycles. The van der Waals surface area contributed by atoms with Gasteiger partial charge in [0.05, 0.1) is 0 Å². The molecule has 1 heterocycles. The van der Waals surface area contributed by atoms with E-state index in [9.17, 15) is 0 Å². The Morgan fingerprint density at radius 2 is 1.67 bits per heavy atom. The van der Waals surface area contributed by atoms with Crippen LogP contribution in [0.2, 0.25) is 0 Å². The maximum atomic E-state index is 2.97. The van der Waals surface area contributed by atoms with Gasteiger partial charge in [-0.15, -0.1) is 0 Å². The van der Waals surface area contributed by atoms with E-state index in [-0.39, 0.29) is 0 Å². The zero-order valence-electron chi connectivity index (χ0n) is 10.6. The number of aromatic amines is 1. The first-order valence-corrected chi connectivity index (χ1v) is 6.57. The largest absolute Gasteiger partial charge is 0.218 e. The maximum absolute atomic E-state index is 2.97. The normalized spacial score (nSPS) is 10.5. The number of hydrogen-bond acceptors (Lipinski definition) is 1. The van der Waals surface area contributed by atoms with Gasteiger partial charge in [0.15, 0.2) is 12.4 Å². The van der Waals surface area contributed by atoms with Gasteiger partial charge >= 0.3 is 0 Å². The lowest BCUT2D eigenvalue weighted by molar-refractivity contribution is -0.378. The highest BCUT2D eigenvalue weighted by Gasteiger charge is 2.06. The molecule has 1 nitrogen and oxygen atoms in total. The number of aromatic nitrogens is 1. The van der Waals surface area contributed by atoms with Crippen molar-refractivity contribution < 1.29 is 4.98 Å². The molecule has 15 heavy (non-hydrogen) atoms. The van der Waals surface area contributed by atoms with Crippen LogP contribution in [0.5, 0.6) is 0 Å². The minimum Gasteiger partial charge on any atom is -0.218 e. The quantitative estimate of drug-likeness (QED) is 0.751. The Bertz CT molecular complexity index is 238. The van der Waals surface area contributed by atoms with Crippen LogP contribution in [0.3, 0.4) is 0 Å². The minimum atomic E-state index is 0.467. The molecular formula is C13H24NS+. The third kappa shape index (κ3) is 9.80. The van der Waals surface area contributed by atoms with Gasteiger partial charge in [0.2, 0.25) is 0 Å². The highest BCUT2D eigenvalue weighted by molar-refractivity contribution is 8.00. The van der Waals surface area contributed by atoms with E-state index in [1.807, 2.05) is 24.2 Å². The predicted molar refractivity (Wildman–Crippen MR) is 70.3 cm³/mol. The molecule has 0 aliphatic heterocycles. The van der Waals surface area contributed by atoms with Crippen LogP contribution in [-0.2, 0) is 6.42 Å². The summed E-state index contributed by atoms with van der Waals surface area (Å²) in [5, 5.41) is 0. The Hall–Kier alpha value is -0.500. The fraction of sp³-hybridized carbons (Fsp3) is 0.615. The van der Waals surface area contributed by atoms with Gasteiger partial charge < -0.3 is 0 Å². The lowest BCUT2D eigenvalue weighted by Crippen LogP contribution is -2.06. The van der Waals surface area contributed by atoms with Gasteiger partial charge in [0.1, 0.15) is 0 Å². The van der Waals surface area contributed by atoms with Gasteiger partial charge in [-0.2, -0.15) is 11.8 Å². The fourth-order valence-corrected chi connectivity index (χ4v) is 1.96. The van der Waals surface area contributed by atoms with Crippen molar-refractivity contribution in [3.63, 3.8) is 0 Å². The minimum absolute atomic E-state index is 0.467. The number of hydrogen-bond donors (Lipinski definition) is 0. The van der Waals surface area contributed by atoms with Gasteiger partial charge in [-0.1, -0.05) is 34.6 Å². The van der Waals surface area contributed by atoms with Gasteiger partial charge in [-0.3, -0.25) is 0 Å². The van der Waals surface area contributed by atoms with E-state index in [0.29, 0.717) is 4.75 Å². The first kappa shape index (κ1) is 14.5. The summed E-state index contributed by atoms with van der Waals surface area (Å²) in [7, 11) is 0. The topological polar surface area (TPSA) is 14.1 Å². The van der Waals surface area contributed by atoms with E-state index in [4.69, 9.17) is 0 Å². The van der Waals surface area contributed by atoms with E-state index in [1.165, 1.54) is 11.3 Å². The highest BCUT2D eigenvalue weighted by Crippen LogP contribution is 2.21. The van der Waals surface area contributed by atoms with Crippen molar-refractivity contribution in [3.05, 3.63) is 30.1 Å². The van der Waals surface area contributed by atoms with Crippen molar-refractivity contribution in [1.29, 1.82) is 0 Å². The maximum Gasteiger partial charge on any atom is 0.167 e. The SMILES string of the molecule is CCSC(C)(C)C.CCc1cc[nH+]cc1. The second-order valence-corrected chi connectivity index (χ2v) is 6.40. The average Bonchev–Trinajstić information content (AvgIpc) is 2.18. The molecule has 0 spiro atoms. The summed E-state index contributed by atoms with van der Waals surface area (Å²) in [4.78, 5) is 2.97. The molecule has 0 atom stereocenters. The Morgan fingerprint density at radius 1 is 1.13 bits per heavy atom. The molecule has 1 aromatic heterocycles. The Morgan fingerprint density at radius 3 is 1.87 bits per heavy atom. The third-order valence-corrected chi connectivity index (χ3v) is 2.93. The molecule has 86 valence electrons. The number of pyridine rings is 1. The number of rotatable bonds is 2. The van der Waals surface area contributed by atoms with Crippen LogP contribution in [0.1, 0.15) is 40.2 Å². The summed E-state index contributed by atoms with van der Waals surface area (Å²) in [6.07, 6.45) is 5.01. The van der Waals surface area contributed by atoms with Crippen LogP contribution < -0.4 is 4.98 Å².